The Labute approximate surface area is 117 Å². The Morgan fingerprint density at radius 3 is 3.05 bits per heavy atom. The maximum atomic E-state index is 11.0. The van der Waals surface area contributed by atoms with E-state index in [0.717, 1.165) is 43.4 Å². The highest BCUT2D eigenvalue weighted by molar-refractivity contribution is 7.09. The summed E-state index contributed by atoms with van der Waals surface area (Å²) in [6, 6.07) is -0.322. The van der Waals surface area contributed by atoms with E-state index in [9.17, 15) is 4.79 Å². The highest BCUT2D eigenvalue weighted by Gasteiger charge is 2.24. The molecule has 0 radical (unpaired) electrons. The number of aromatic nitrogens is 2. The number of nitrogens with zero attached hydrogens (tertiary/aromatic N) is 3. The van der Waals surface area contributed by atoms with Crippen LogP contribution in [0, 0.1) is 11.8 Å². The molecule has 2 amide bonds. The number of anilines is 1. The molecule has 106 valence electrons. The molecule has 3 N–H and O–H groups in total. The minimum Gasteiger partial charge on any atom is -0.360 e. The van der Waals surface area contributed by atoms with Crippen molar-refractivity contribution < 1.29 is 4.79 Å². The normalized spacial score (nSPS) is 19.1. The molecule has 1 aromatic heterocycles. The first kappa shape index (κ1) is 14.0. The second-order valence-electron chi connectivity index (χ2n) is 5.43. The van der Waals surface area contributed by atoms with Gasteiger partial charge in [0, 0.05) is 37.6 Å². The summed E-state index contributed by atoms with van der Waals surface area (Å²) in [5.74, 6) is 1.93. The standard InChI is InChI=1S/C12H21N5OS/c1-8(2)5-10-15-12(19-16-10)14-6-9-3-4-17(7-9)11(13)18/h8-9H,3-7H2,1-2H3,(H2,13,18)(H,14,15,16)/t9-/m0/s1. The summed E-state index contributed by atoms with van der Waals surface area (Å²) < 4.78 is 4.33. The predicted molar refractivity (Wildman–Crippen MR) is 76.2 cm³/mol. The molecule has 0 aliphatic carbocycles. The minimum absolute atomic E-state index is 0.322. The van der Waals surface area contributed by atoms with Gasteiger partial charge in [-0.05, 0) is 18.3 Å². The third-order valence-electron chi connectivity index (χ3n) is 3.20. The van der Waals surface area contributed by atoms with Crippen LogP contribution >= 0.6 is 11.5 Å². The molecule has 1 aromatic rings. The number of carbonyl (C=O) groups excluding carboxylic acids is 1. The molecule has 0 unspecified atom stereocenters. The first-order chi connectivity index (χ1) is 9.04. The molecule has 6 nitrogen and oxygen atoms in total. The van der Waals surface area contributed by atoms with Gasteiger partial charge in [0.2, 0.25) is 5.13 Å². The summed E-state index contributed by atoms with van der Waals surface area (Å²) in [5.41, 5.74) is 5.26. The van der Waals surface area contributed by atoms with E-state index in [0.29, 0.717) is 11.8 Å². The first-order valence-electron chi connectivity index (χ1n) is 6.65. The molecular weight excluding hydrogens is 262 g/mol. The van der Waals surface area contributed by atoms with Gasteiger partial charge < -0.3 is 16.0 Å². The van der Waals surface area contributed by atoms with E-state index in [1.165, 1.54) is 11.5 Å². The summed E-state index contributed by atoms with van der Waals surface area (Å²) >= 11 is 1.40. The average molecular weight is 283 g/mol. The SMILES string of the molecule is CC(C)Cc1nsc(NC[C@@H]2CCN(C(N)=O)C2)n1. The third-order valence-corrected chi connectivity index (χ3v) is 3.91. The molecular formula is C12H21N5OS. The van der Waals surface area contributed by atoms with Gasteiger partial charge in [0.15, 0.2) is 0 Å². The number of urea groups is 1. The molecule has 0 bridgehead atoms. The number of amides is 2. The van der Waals surface area contributed by atoms with Crippen LogP contribution in [0.25, 0.3) is 0 Å². The van der Waals surface area contributed by atoms with E-state index < -0.39 is 0 Å². The van der Waals surface area contributed by atoms with E-state index in [1.807, 2.05) is 0 Å². The van der Waals surface area contributed by atoms with Crippen LogP contribution in [0.4, 0.5) is 9.93 Å². The van der Waals surface area contributed by atoms with Gasteiger partial charge in [0.05, 0.1) is 0 Å². The lowest BCUT2D eigenvalue weighted by Gasteiger charge is -2.13. The van der Waals surface area contributed by atoms with Crippen molar-refractivity contribution in [1.29, 1.82) is 0 Å². The molecule has 1 atom stereocenters. The van der Waals surface area contributed by atoms with Crippen molar-refractivity contribution in [2.24, 2.45) is 17.6 Å². The van der Waals surface area contributed by atoms with Crippen molar-refractivity contribution in [1.82, 2.24) is 14.3 Å². The number of likely N-dealkylation sites (tertiary alicyclic amines) is 1. The van der Waals surface area contributed by atoms with Crippen LogP contribution in [0.15, 0.2) is 0 Å². The molecule has 1 fully saturated rings. The largest absolute Gasteiger partial charge is 0.360 e. The van der Waals surface area contributed by atoms with Crippen molar-refractivity contribution >= 4 is 22.7 Å². The highest BCUT2D eigenvalue weighted by Crippen LogP contribution is 2.18. The number of hydrogen-bond acceptors (Lipinski definition) is 5. The van der Waals surface area contributed by atoms with Crippen LogP contribution in [0.1, 0.15) is 26.1 Å². The van der Waals surface area contributed by atoms with E-state index in [4.69, 9.17) is 5.73 Å². The first-order valence-corrected chi connectivity index (χ1v) is 7.42. The van der Waals surface area contributed by atoms with Gasteiger partial charge in [-0.3, -0.25) is 0 Å². The maximum Gasteiger partial charge on any atom is 0.314 e. The van der Waals surface area contributed by atoms with Gasteiger partial charge in [-0.2, -0.15) is 4.37 Å². The zero-order chi connectivity index (χ0) is 13.8. The zero-order valence-corrected chi connectivity index (χ0v) is 12.2. The van der Waals surface area contributed by atoms with E-state index in [2.05, 4.69) is 28.5 Å². The van der Waals surface area contributed by atoms with Crippen LogP contribution in [0.5, 0.6) is 0 Å². The monoisotopic (exact) mass is 283 g/mol. The van der Waals surface area contributed by atoms with Crippen LogP contribution in [0.3, 0.4) is 0 Å². The number of primary amides is 1. The second-order valence-corrected chi connectivity index (χ2v) is 6.19. The fraction of sp³-hybridized carbons (Fsp3) is 0.750. The molecule has 7 heteroatoms. The Morgan fingerprint density at radius 1 is 1.63 bits per heavy atom. The molecule has 2 rings (SSSR count). The van der Waals surface area contributed by atoms with Gasteiger partial charge >= 0.3 is 6.03 Å². The Balaban J connectivity index is 1.77. The Bertz CT molecular complexity index is 434. The Morgan fingerprint density at radius 2 is 2.42 bits per heavy atom. The number of nitrogens with one attached hydrogen (secondary N) is 1. The topological polar surface area (TPSA) is 84.1 Å². The summed E-state index contributed by atoms with van der Waals surface area (Å²) in [7, 11) is 0. The molecule has 2 heterocycles. The molecule has 0 spiro atoms. The minimum atomic E-state index is -0.322. The van der Waals surface area contributed by atoms with Crippen molar-refractivity contribution in [3.63, 3.8) is 0 Å². The van der Waals surface area contributed by atoms with Gasteiger partial charge in [-0.15, -0.1) is 0 Å². The Hall–Kier alpha value is -1.37. The second kappa shape index (κ2) is 6.18. The van der Waals surface area contributed by atoms with E-state index in [-0.39, 0.29) is 6.03 Å². The van der Waals surface area contributed by atoms with Gasteiger partial charge in [0.25, 0.3) is 0 Å². The summed E-state index contributed by atoms with van der Waals surface area (Å²) in [6.45, 7) is 6.63. The average Bonchev–Trinajstić information content (AvgIpc) is 2.94. The van der Waals surface area contributed by atoms with Crippen LogP contribution in [-0.2, 0) is 6.42 Å². The number of carbonyl (C=O) groups is 1. The Kier molecular flexibility index (Phi) is 4.57. The van der Waals surface area contributed by atoms with Crippen LogP contribution < -0.4 is 11.1 Å². The fourth-order valence-corrected chi connectivity index (χ4v) is 2.81. The van der Waals surface area contributed by atoms with Crippen molar-refractivity contribution in [2.75, 3.05) is 25.0 Å². The summed E-state index contributed by atoms with van der Waals surface area (Å²) in [4.78, 5) is 17.2. The maximum absolute atomic E-state index is 11.0. The third kappa shape index (κ3) is 4.05. The highest BCUT2D eigenvalue weighted by atomic mass is 32.1. The predicted octanol–water partition coefficient (Wildman–Crippen LogP) is 1.55. The molecule has 19 heavy (non-hydrogen) atoms. The van der Waals surface area contributed by atoms with Crippen molar-refractivity contribution in [2.45, 2.75) is 26.7 Å². The van der Waals surface area contributed by atoms with Crippen molar-refractivity contribution in [3.8, 4) is 0 Å². The lowest BCUT2D eigenvalue weighted by atomic mass is 10.1. The number of rotatable bonds is 5. The zero-order valence-electron chi connectivity index (χ0n) is 11.4. The molecule has 1 aliphatic heterocycles. The molecule has 1 saturated heterocycles. The van der Waals surface area contributed by atoms with Gasteiger partial charge in [-0.1, -0.05) is 13.8 Å². The van der Waals surface area contributed by atoms with Crippen LogP contribution in [-0.4, -0.2) is 39.9 Å². The lowest BCUT2D eigenvalue weighted by molar-refractivity contribution is 0.217. The number of hydrogen-bond donors (Lipinski definition) is 2. The summed E-state index contributed by atoms with van der Waals surface area (Å²) in [6.07, 6.45) is 1.91. The fourth-order valence-electron chi connectivity index (χ4n) is 2.20. The quantitative estimate of drug-likeness (QED) is 0.858. The molecule has 0 saturated carbocycles. The molecule has 1 aliphatic rings. The van der Waals surface area contributed by atoms with Gasteiger partial charge in [0.1, 0.15) is 5.82 Å². The lowest BCUT2D eigenvalue weighted by Crippen LogP contribution is -2.34. The molecule has 0 aromatic carbocycles. The van der Waals surface area contributed by atoms with Crippen molar-refractivity contribution in [3.05, 3.63) is 5.82 Å². The van der Waals surface area contributed by atoms with Gasteiger partial charge in [-0.25, -0.2) is 9.78 Å². The van der Waals surface area contributed by atoms with E-state index in [1.54, 1.807) is 4.90 Å². The summed E-state index contributed by atoms with van der Waals surface area (Å²) in [5, 5.41) is 4.17. The smallest absolute Gasteiger partial charge is 0.314 e. The van der Waals surface area contributed by atoms with Crippen LogP contribution in [0.2, 0.25) is 0 Å². The van der Waals surface area contributed by atoms with E-state index >= 15 is 0 Å². The number of nitrogens with two attached hydrogens (primary N) is 1.